The molecular weight excluding hydrogens is 262 g/mol. The van der Waals surface area contributed by atoms with E-state index in [4.69, 9.17) is 0 Å². The van der Waals surface area contributed by atoms with Gasteiger partial charge in [-0.2, -0.15) is 11.8 Å². The molecule has 0 aliphatic carbocycles. The molecular formula is C13H19N3O2S. The molecule has 0 unspecified atom stereocenters. The van der Waals surface area contributed by atoms with Crippen molar-refractivity contribution in [3.8, 4) is 0 Å². The van der Waals surface area contributed by atoms with E-state index in [9.17, 15) is 4.79 Å². The Morgan fingerprint density at radius 2 is 2.21 bits per heavy atom. The van der Waals surface area contributed by atoms with Crippen LogP contribution in [-0.4, -0.2) is 46.6 Å². The quantitative estimate of drug-likeness (QED) is 0.773. The number of esters is 1. The van der Waals surface area contributed by atoms with Gasteiger partial charge in [0.2, 0.25) is 0 Å². The van der Waals surface area contributed by atoms with E-state index in [1.54, 1.807) is 6.20 Å². The Kier molecular flexibility index (Phi) is 4.29. The first kappa shape index (κ1) is 14.1. The summed E-state index contributed by atoms with van der Waals surface area (Å²) in [6.45, 7) is 6.38. The van der Waals surface area contributed by atoms with E-state index in [-0.39, 0.29) is 5.69 Å². The number of aromatic nitrogens is 2. The first-order valence-electron chi connectivity index (χ1n) is 6.31. The maximum Gasteiger partial charge on any atom is 0.358 e. The average molecular weight is 281 g/mol. The lowest BCUT2D eigenvalue weighted by atomic mass is 10.1. The van der Waals surface area contributed by atoms with Crippen LogP contribution in [0.25, 0.3) is 0 Å². The molecule has 19 heavy (non-hydrogen) atoms. The third kappa shape index (κ3) is 3.59. The van der Waals surface area contributed by atoms with Gasteiger partial charge in [0.25, 0.3) is 0 Å². The first-order valence-corrected chi connectivity index (χ1v) is 7.30. The van der Waals surface area contributed by atoms with E-state index in [1.165, 1.54) is 13.3 Å². The Morgan fingerprint density at radius 3 is 2.95 bits per heavy atom. The molecule has 0 saturated carbocycles. The lowest BCUT2D eigenvalue weighted by molar-refractivity contribution is 0.0593. The first-order chi connectivity index (χ1) is 9.02. The molecule has 1 aromatic rings. The topological polar surface area (TPSA) is 55.3 Å². The summed E-state index contributed by atoms with van der Waals surface area (Å²) in [5.41, 5.74) is 0.260. The van der Waals surface area contributed by atoms with Gasteiger partial charge in [0.15, 0.2) is 5.69 Å². The fourth-order valence-corrected chi connectivity index (χ4v) is 3.06. The van der Waals surface area contributed by atoms with Gasteiger partial charge in [0.1, 0.15) is 5.82 Å². The highest BCUT2D eigenvalue weighted by molar-refractivity contribution is 8.00. The third-order valence-corrected chi connectivity index (χ3v) is 4.55. The second-order valence-electron chi connectivity index (χ2n) is 5.10. The largest absolute Gasteiger partial charge is 0.464 e. The van der Waals surface area contributed by atoms with Crippen molar-refractivity contribution in [2.45, 2.75) is 25.0 Å². The van der Waals surface area contributed by atoms with Crippen LogP contribution in [0.4, 0.5) is 5.82 Å². The van der Waals surface area contributed by atoms with Gasteiger partial charge in [0, 0.05) is 23.6 Å². The lowest BCUT2D eigenvalue weighted by Gasteiger charge is -2.23. The van der Waals surface area contributed by atoms with E-state index >= 15 is 0 Å². The van der Waals surface area contributed by atoms with E-state index in [0.29, 0.717) is 4.75 Å². The standard InChI is InChI=1S/C13H19N3O2S/c1-13(2)4-5-16(6-7-19-13)11-9-14-8-10(15-11)12(17)18-3/h8-9H,4-7H2,1-3H3. The highest BCUT2D eigenvalue weighted by Gasteiger charge is 2.24. The van der Waals surface area contributed by atoms with Crippen molar-refractivity contribution in [3.63, 3.8) is 0 Å². The predicted octanol–water partition coefficient (Wildman–Crippen LogP) is 1.99. The molecule has 1 aliphatic rings. The molecule has 1 aliphatic heterocycles. The third-order valence-electron chi connectivity index (χ3n) is 3.18. The van der Waals surface area contributed by atoms with Gasteiger partial charge < -0.3 is 9.64 Å². The zero-order valence-electron chi connectivity index (χ0n) is 11.5. The minimum Gasteiger partial charge on any atom is -0.464 e. The zero-order chi connectivity index (χ0) is 13.9. The van der Waals surface area contributed by atoms with Crippen LogP contribution in [0.1, 0.15) is 30.8 Å². The van der Waals surface area contributed by atoms with Gasteiger partial charge in [-0.3, -0.25) is 4.98 Å². The Labute approximate surface area is 117 Å². The van der Waals surface area contributed by atoms with Crippen LogP contribution in [0.15, 0.2) is 12.4 Å². The highest BCUT2D eigenvalue weighted by Crippen LogP contribution is 2.31. The van der Waals surface area contributed by atoms with E-state index in [2.05, 4.69) is 33.5 Å². The van der Waals surface area contributed by atoms with Gasteiger partial charge >= 0.3 is 5.97 Å². The second-order valence-corrected chi connectivity index (χ2v) is 6.90. The molecule has 2 heterocycles. The van der Waals surface area contributed by atoms with E-state index < -0.39 is 5.97 Å². The minimum atomic E-state index is -0.445. The molecule has 1 fully saturated rings. The van der Waals surface area contributed by atoms with Crippen molar-refractivity contribution >= 4 is 23.5 Å². The lowest BCUT2D eigenvalue weighted by Crippen LogP contribution is -2.28. The van der Waals surface area contributed by atoms with Crippen molar-refractivity contribution < 1.29 is 9.53 Å². The fraction of sp³-hybridized carbons (Fsp3) is 0.615. The van der Waals surface area contributed by atoms with Crippen LogP contribution >= 0.6 is 11.8 Å². The maximum atomic E-state index is 11.5. The summed E-state index contributed by atoms with van der Waals surface area (Å²) in [7, 11) is 1.35. The number of nitrogens with zero attached hydrogens (tertiary/aromatic N) is 3. The predicted molar refractivity (Wildman–Crippen MR) is 76.7 cm³/mol. The zero-order valence-corrected chi connectivity index (χ0v) is 12.4. The van der Waals surface area contributed by atoms with Crippen molar-refractivity contribution in [2.75, 3.05) is 30.9 Å². The number of carbonyl (C=O) groups excluding carboxylic acids is 1. The van der Waals surface area contributed by atoms with Crippen molar-refractivity contribution in [2.24, 2.45) is 0 Å². The SMILES string of the molecule is COC(=O)c1cncc(N2CCSC(C)(C)CC2)n1. The number of methoxy groups -OCH3 is 1. The summed E-state index contributed by atoms with van der Waals surface area (Å²) in [5, 5.41) is 0. The summed E-state index contributed by atoms with van der Waals surface area (Å²) >= 11 is 1.97. The van der Waals surface area contributed by atoms with E-state index in [0.717, 1.165) is 31.1 Å². The van der Waals surface area contributed by atoms with Gasteiger partial charge in [-0.05, 0) is 6.42 Å². The number of anilines is 1. The van der Waals surface area contributed by atoms with Gasteiger partial charge in [-0.25, -0.2) is 9.78 Å². The number of hydrogen-bond acceptors (Lipinski definition) is 6. The number of carbonyl (C=O) groups is 1. The number of ether oxygens (including phenoxy) is 1. The number of rotatable bonds is 2. The summed E-state index contributed by atoms with van der Waals surface area (Å²) < 4.78 is 4.97. The van der Waals surface area contributed by atoms with Gasteiger partial charge in [0.05, 0.1) is 19.5 Å². The summed E-state index contributed by atoms with van der Waals surface area (Å²) in [6, 6.07) is 0. The fourth-order valence-electron chi connectivity index (χ4n) is 1.96. The molecule has 0 bridgehead atoms. The number of thioether (sulfide) groups is 1. The molecule has 0 spiro atoms. The molecule has 0 N–H and O–H groups in total. The normalized spacial score (nSPS) is 18.8. The molecule has 5 nitrogen and oxygen atoms in total. The summed E-state index contributed by atoms with van der Waals surface area (Å²) in [5.74, 6) is 1.36. The minimum absolute atomic E-state index is 0.260. The Bertz CT molecular complexity index is 465. The Hall–Kier alpha value is -1.30. The van der Waals surface area contributed by atoms with Crippen LogP contribution in [0.2, 0.25) is 0 Å². The molecule has 1 saturated heterocycles. The van der Waals surface area contributed by atoms with Crippen molar-refractivity contribution in [3.05, 3.63) is 18.1 Å². The Balaban J connectivity index is 2.15. The van der Waals surface area contributed by atoms with Crippen molar-refractivity contribution in [1.82, 2.24) is 9.97 Å². The molecule has 0 amide bonds. The van der Waals surface area contributed by atoms with Crippen LogP contribution in [0.5, 0.6) is 0 Å². The van der Waals surface area contributed by atoms with Crippen molar-refractivity contribution in [1.29, 1.82) is 0 Å². The van der Waals surface area contributed by atoms with Crippen LogP contribution in [-0.2, 0) is 4.74 Å². The molecule has 0 atom stereocenters. The maximum absolute atomic E-state index is 11.5. The molecule has 2 rings (SSSR count). The average Bonchev–Trinajstić information content (AvgIpc) is 2.59. The molecule has 6 heteroatoms. The van der Waals surface area contributed by atoms with Gasteiger partial charge in [-0.15, -0.1) is 0 Å². The molecule has 1 aromatic heterocycles. The Morgan fingerprint density at radius 1 is 1.42 bits per heavy atom. The smallest absolute Gasteiger partial charge is 0.358 e. The second kappa shape index (κ2) is 5.77. The van der Waals surface area contributed by atoms with Crippen LogP contribution in [0, 0.1) is 0 Å². The molecule has 0 radical (unpaired) electrons. The monoisotopic (exact) mass is 281 g/mol. The van der Waals surface area contributed by atoms with E-state index in [1.807, 2.05) is 11.8 Å². The summed E-state index contributed by atoms with van der Waals surface area (Å²) in [6.07, 6.45) is 4.23. The summed E-state index contributed by atoms with van der Waals surface area (Å²) in [4.78, 5) is 22.1. The molecule has 0 aromatic carbocycles. The number of hydrogen-bond donors (Lipinski definition) is 0. The van der Waals surface area contributed by atoms with Crippen LogP contribution in [0.3, 0.4) is 0 Å². The van der Waals surface area contributed by atoms with Crippen LogP contribution < -0.4 is 4.90 Å². The van der Waals surface area contributed by atoms with Gasteiger partial charge in [-0.1, -0.05) is 13.8 Å². The molecule has 104 valence electrons. The highest BCUT2D eigenvalue weighted by atomic mass is 32.2.